The molecule has 1 aliphatic carbocycles. The predicted molar refractivity (Wildman–Crippen MR) is 79.1 cm³/mol. The Labute approximate surface area is 120 Å². The Hall–Kier alpha value is -1.81. The first-order valence-electron chi connectivity index (χ1n) is 6.63. The van der Waals surface area contributed by atoms with Crippen molar-refractivity contribution in [2.45, 2.75) is 31.8 Å². The Morgan fingerprint density at radius 1 is 1.15 bits per heavy atom. The Kier molecular flexibility index (Phi) is 3.26. The molecule has 0 saturated heterocycles. The van der Waals surface area contributed by atoms with Crippen molar-refractivity contribution >= 4 is 17.3 Å². The van der Waals surface area contributed by atoms with Crippen LogP contribution in [0.3, 0.4) is 0 Å². The molecule has 4 nitrogen and oxygen atoms in total. The number of ether oxygens (including phenoxy) is 1. The Balaban J connectivity index is 2.02. The minimum absolute atomic E-state index is 0.00796. The molecule has 2 N–H and O–H groups in total. The van der Waals surface area contributed by atoms with E-state index in [0.717, 1.165) is 25.7 Å². The molecule has 1 aliphatic rings. The van der Waals surface area contributed by atoms with Crippen LogP contribution in [0, 0.1) is 0 Å². The summed E-state index contributed by atoms with van der Waals surface area (Å²) in [5, 5.41) is 0.527. The van der Waals surface area contributed by atoms with Gasteiger partial charge in [-0.3, -0.25) is 9.59 Å². The lowest BCUT2D eigenvalue weighted by atomic mass is 9.98. The molecule has 0 aromatic heterocycles. The first-order valence-corrected chi connectivity index (χ1v) is 7.01. The van der Waals surface area contributed by atoms with Crippen molar-refractivity contribution in [3.05, 3.63) is 43.7 Å². The number of anilines is 1. The summed E-state index contributed by atoms with van der Waals surface area (Å²) < 4.78 is 5.94. The van der Waals surface area contributed by atoms with Crippen LogP contribution >= 0.6 is 11.6 Å². The second kappa shape index (κ2) is 4.94. The quantitative estimate of drug-likeness (QED) is 0.882. The maximum atomic E-state index is 11.7. The van der Waals surface area contributed by atoms with E-state index in [2.05, 4.69) is 0 Å². The van der Waals surface area contributed by atoms with Crippen molar-refractivity contribution in [2.75, 3.05) is 5.73 Å². The fourth-order valence-corrected chi connectivity index (χ4v) is 2.82. The first-order chi connectivity index (χ1) is 9.58. The van der Waals surface area contributed by atoms with Crippen molar-refractivity contribution < 1.29 is 4.74 Å². The van der Waals surface area contributed by atoms with Crippen LogP contribution in [0.1, 0.15) is 25.7 Å². The summed E-state index contributed by atoms with van der Waals surface area (Å²) in [6.45, 7) is 0. The summed E-state index contributed by atoms with van der Waals surface area (Å²) in [5.74, 6) is 0.531. The Morgan fingerprint density at radius 3 is 2.50 bits per heavy atom. The third-order valence-corrected chi connectivity index (χ3v) is 3.99. The lowest BCUT2D eigenvalue weighted by Gasteiger charge is -2.18. The Morgan fingerprint density at radius 2 is 1.85 bits per heavy atom. The van der Waals surface area contributed by atoms with Gasteiger partial charge in [-0.1, -0.05) is 11.6 Å². The molecule has 2 aromatic carbocycles. The van der Waals surface area contributed by atoms with Gasteiger partial charge in [-0.05, 0) is 43.9 Å². The monoisotopic (exact) mass is 291 g/mol. The first kappa shape index (κ1) is 13.2. The standard InChI is InChI=1S/C15H14ClNO3/c16-8-5-6-10(12-13(17)15(19)14(12)18)11(7-8)20-9-3-1-2-4-9/h5-7,9H,1-4,17H2. The summed E-state index contributed by atoms with van der Waals surface area (Å²) in [5.41, 5.74) is 5.26. The lowest BCUT2D eigenvalue weighted by molar-refractivity contribution is 0.211. The van der Waals surface area contributed by atoms with Crippen LogP contribution in [0.15, 0.2) is 27.8 Å². The molecular formula is C15H14ClNO3. The summed E-state index contributed by atoms with van der Waals surface area (Å²) in [4.78, 5) is 22.9. The summed E-state index contributed by atoms with van der Waals surface area (Å²) >= 11 is 5.99. The minimum Gasteiger partial charge on any atom is -0.490 e. The maximum Gasteiger partial charge on any atom is 0.249 e. The highest BCUT2D eigenvalue weighted by molar-refractivity contribution is 6.30. The van der Waals surface area contributed by atoms with E-state index < -0.39 is 10.9 Å². The predicted octanol–water partition coefficient (Wildman–Crippen LogP) is 2.51. The molecule has 1 fully saturated rings. The van der Waals surface area contributed by atoms with Gasteiger partial charge < -0.3 is 10.5 Å². The van der Waals surface area contributed by atoms with E-state index in [1.54, 1.807) is 18.2 Å². The van der Waals surface area contributed by atoms with Crippen molar-refractivity contribution in [1.29, 1.82) is 0 Å². The summed E-state index contributed by atoms with van der Waals surface area (Å²) in [6.07, 6.45) is 4.41. The average Bonchev–Trinajstić information content (AvgIpc) is 2.94. The zero-order valence-corrected chi connectivity index (χ0v) is 11.6. The van der Waals surface area contributed by atoms with Crippen LogP contribution in [0.4, 0.5) is 5.69 Å². The third-order valence-electron chi connectivity index (χ3n) is 3.76. The van der Waals surface area contributed by atoms with Gasteiger partial charge >= 0.3 is 0 Å². The second-order valence-electron chi connectivity index (χ2n) is 5.11. The zero-order chi connectivity index (χ0) is 14.3. The summed E-state index contributed by atoms with van der Waals surface area (Å²) in [6, 6.07) is 5.01. The molecule has 0 atom stereocenters. The van der Waals surface area contributed by atoms with Gasteiger partial charge in [-0.25, -0.2) is 0 Å². The molecule has 1 saturated carbocycles. The fraction of sp³-hybridized carbons (Fsp3) is 0.333. The van der Waals surface area contributed by atoms with Crippen LogP contribution in [0.5, 0.6) is 5.75 Å². The highest BCUT2D eigenvalue weighted by Crippen LogP contribution is 2.36. The smallest absolute Gasteiger partial charge is 0.249 e. The fourth-order valence-electron chi connectivity index (χ4n) is 2.66. The maximum absolute atomic E-state index is 11.7. The van der Waals surface area contributed by atoms with Gasteiger partial charge in [0.2, 0.25) is 10.9 Å². The number of nitrogens with two attached hydrogens (primary N) is 1. The van der Waals surface area contributed by atoms with Crippen LogP contribution in [0.25, 0.3) is 11.1 Å². The molecule has 0 unspecified atom stereocenters. The van der Waals surface area contributed by atoms with Crippen LogP contribution in [0.2, 0.25) is 5.02 Å². The van der Waals surface area contributed by atoms with E-state index >= 15 is 0 Å². The number of halogens is 1. The molecule has 5 heteroatoms. The molecule has 0 radical (unpaired) electrons. The van der Waals surface area contributed by atoms with E-state index in [-0.39, 0.29) is 17.4 Å². The SMILES string of the molecule is Nc1c(-c2ccc(Cl)cc2OC2CCCC2)c(=O)c1=O. The topological polar surface area (TPSA) is 69.4 Å². The molecule has 2 aromatic rings. The highest BCUT2D eigenvalue weighted by Gasteiger charge is 2.24. The average molecular weight is 292 g/mol. The van der Waals surface area contributed by atoms with Crippen LogP contribution in [-0.4, -0.2) is 6.10 Å². The van der Waals surface area contributed by atoms with Crippen molar-refractivity contribution in [1.82, 2.24) is 0 Å². The van der Waals surface area contributed by atoms with Gasteiger partial charge in [0.1, 0.15) is 5.75 Å². The summed E-state index contributed by atoms with van der Waals surface area (Å²) in [7, 11) is 0. The molecule has 0 heterocycles. The van der Waals surface area contributed by atoms with Crippen molar-refractivity contribution in [3.63, 3.8) is 0 Å². The van der Waals surface area contributed by atoms with Crippen molar-refractivity contribution in [2.24, 2.45) is 0 Å². The van der Waals surface area contributed by atoms with E-state index in [0.29, 0.717) is 16.3 Å². The molecule has 0 bridgehead atoms. The normalized spacial score (nSPS) is 15.8. The van der Waals surface area contributed by atoms with E-state index in [1.165, 1.54) is 0 Å². The zero-order valence-electron chi connectivity index (χ0n) is 10.8. The van der Waals surface area contributed by atoms with Crippen molar-refractivity contribution in [3.8, 4) is 16.9 Å². The highest BCUT2D eigenvalue weighted by atomic mass is 35.5. The van der Waals surface area contributed by atoms with E-state index in [4.69, 9.17) is 22.1 Å². The van der Waals surface area contributed by atoms with Gasteiger partial charge in [0.25, 0.3) is 0 Å². The van der Waals surface area contributed by atoms with E-state index in [9.17, 15) is 9.59 Å². The third kappa shape index (κ3) is 2.10. The van der Waals surface area contributed by atoms with Gasteiger partial charge in [0.05, 0.1) is 17.4 Å². The molecule has 0 aliphatic heterocycles. The Bertz CT molecular complexity index is 725. The van der Waals surface area contributed by atoms with Gasteiger partial charge in [-0.2, -0.15) is 0 Å². The second-order valence-corrected chi connectivity index (χ2v) is 5.55. The van der Waals surface area contributed by atoms with E-state index in [1.807, 2.05) is 0 Å². The molecule has 104 valence electrons. The van der Waals surface area contributed by atoms with Gasteiger partial charge in [-0.15, -0.1) is 0 Å². The lowest BCUT2D eigenvalue weighted by Crippen LogP contribution is -2.36. The largest absolute Gasteiger partial charge is 0.490 e. The molecule has 3 rings (SSSR count). The van der Waals surface area contributed by atoms with Crippen LogP contribution in [-0.2, 0) is 0 Å². The molecular weight excluding hydrogens is 278 g/mol. The van der Waals surface area contributed by atoms with Gasteiger partial charge in [0, 0.05) is 10.6 Å². The number of hydrogen-bond donors (Lipinski definition) is 1. The molecule has 20 heavy (non-hydrogen) atoms. The molecule has 0 spiro atoms. The van der Waals surface area contributed by atoms with Crippen LogP contribution < -0.4 is 21.3 Å². The number of hydrogen-bond acceptors (Lipinski definition) is 4. The minimum atomic E-state index is -0.623. The number of nitrogen functional groups attached to an aromatic ring is 1. The number of benzene rings is 1. The molecule has 0 amide bonds. The van der Waals surface area contributed by atoms with Gasteiger partial charge in [0.15, 0.2) is 0 Å². The number of rotatable bonds is 3.